The zero-order valence-electron chi connectivity index (χ0n) is 20.8. The van der Waals surface area contributed by atoms with Crippen molar-refractivity contribution in [2.45, 2.75) is 45.1 Å². The number of likely N-dealkylation sites (tertiary alicyclic amines) is 1. The van der Waals surface area contributed by atoms with Gasteiger partial charge in [-0.3, -0.25) is 14.4 Å². The molecule has 188 valence electrons. The number of hydrogen-bond donors (Lipinski definition) is 2. The highest BCUT2D eigenvalue weighted by Crippen LogP contribution is 2.22. The van der Waals surface area contributed by atoms with Gasteiger partial charge < -0.3 is 20.3 Å². The highest BCUT2D eigenvalue weighted by molar-refractivity contribution is 5.97. The first-order chi connectivity index (χ1) is 17.0. The lowest BCUT2D eigenvalue weighted by molar-refractivity contribution is -0.133. The summed E-state index contributed by atoms with van der Waals surface area (Å²) in [5.41, 5.74) is 2.75. The van der Waals surface area contributed by atoms with Crippen molar-refractivity contribution in [1.29, 1.82) is 0 Å². The molecule has 0 unspecified atom stereocenters. The summed E-state index contributed by atoms with van der Waals surface area (Å²) < 4.78 is 5.06. The number of rotatable bonds is 11. The Labute approximate surface area is 208 Å². The Bertz CT molecular complexity index is 954. The molecule has 7 heteroatoms. The second kappa shape index (κ2) is 13.6. The molecule has 0 spiro atoms. The summed E-state index contributed by atoms with van der Waals surface area (Å²) in [6.45, 7) is 4.19. The van der Waals surface area contributed by atoms with Gasteiger partial charge in [0, 0.05) is 45.3 Å². The molecule has 2 N–H and O–H groups in total. The van der Waals surface area contributed by atoms with Crippen molar-refractivity contribution in [3.05, 3.63) is 71.3 Å². The fraction of sp³-hybridized carbons (Fsp3) is 0.464. The van der Waals surface area contributed by atoms with Crippen molar-refractivity contribution in [1.82, 2.24) is 15.5 Å². The first-order valence-electron chi connectivity index (χ1n) is 12.4. The summed E-state index contributed by atoms with van der Waals surface area (Å²) in [6.07, 6.45) is 3.24. The number of amides is 3. The molecule has 0 aromatic heterocycles. The van der Waals surface area contributed by atoms with E-state index < -0.39 is 6.04 Å². The molecule has 1 saturated heterocycles. The standard InChI is InChI=1S/C28H37N3O4/c1-21-9-12-24(13-10-21)27(33)30-26(28(34)29-17-6-20-35-2)23-15-18-31(19-16-23)25(32)14-11-22-7-4-3-5-8-22/h3-5,7-10,12-13,23,26H,6,11,14-20H2,1-2H3,(H,29,34)(H,30,33)/t26-/m1/s1. The average Bonchev–Trinajstić information content (AvgIpc) is 2.89. The van der Waals surface area contributed by atoms with E-state index in [9.17, 15) is 14.4 Å². The molecule has 0 radical (unpaired) electrons. The van der Waals surface area contributed by atoms with E-state index in [1.807, 2.05) is 54.3 Å². The minimum Gasteiger partial charge on any atom is -0.385 e. The smallest absolute Gasteiger partial charge is 0.251 e. The first-order valence-corrected chi connectivity index (χ1v) is 12.4. The molecule has 1 heterocycles. The average molecular weight is 480 g/mol. The number of methoxy groups -OCH3 is 1. The van der Waals surface area contributed by atoms with Crippen LogP contribution in [0.1, 0.15) is 47.2 Å². The fourth-order valence-electron chi connectivity index (χ4n) is 4.40. The zero-order valence-corrected chi connectivity index (χ0v) is 20.8. The quantitative estimate of drug-likeness (QED) is 0.485. The third-order valence-electron chi connectivity index (χ3n) is 6.54. The highest BCUT2D eigenvalue weighted by Gasteiger charge is 2.33. The lowest BCUT2D eigenvalue weighted by Crippen LogP contribution is -2.54. The molecule has 0 aliphatic carbocycles. The van der Waals surface area contributed by atoms with Gasteiger partial charge in [0.2, 0.25) is 11.8 Å². The maximum absolute atomic E-state index is 13.1. The molecule has 3 amide bonds. The van der Waals surface area contributed by atoms with Gasteiger partial charge in [-0.2, -0.15) is 0 Å². The number of benzene rings is 2. The van der Waals surface area contributed by atoms with E-state index in [0.29, 0.717) is 57.5 Å². The monoisotopic (exact) mass is 479 g/mol. The van der Waals surface area contributed by atoms with Gasteiger partial charge >= 0.3 is 0 Å². The minimum absolute atomic E-state index is 0.0370. The van der Waals surface area contributed by atoms with E-state index in [4.69, 9.17) is 4.74 Å². The van der Waals surface area contributed by atoms with Crippen LogP contribution >= 0.6 is 0 Å². The molecule has 1 atom stereocenters. The molecule has 1 aliphatic heterocycles. The second-order valence-corrected chi connectivity index (χ2v) is 9.16. The van der Waals surface area contributed by atoms with Crippen molar-refractivity contribution in [2.24, 2.45) is 5.92 Å². The third-order valence-corrected chi connectivity index (χ3v) is 6.54. The van der Waals surface area contributed by atoms with Gasteiger partial charge in [-0.05, 0) is 56.2 Å². The van der Waals surface area contributed by atoms with Crippen LogP contribution in [-0.2, 0) is 20.7 Å². The number of piperidine rings is 1. The first kappa shape index (κ1) is 26.4. The van der Waals surface area contributed by atoms with Crippen LogP contribution in [-0.4, -0.2) is 62.0 Å². The normalized spacial score (nSPS) is 14.9. The Morgan fingerprint density at radius 2 is 1.71 bits per heavy atom. The van der Waals surface area contributed by atoms with Crippen molar-refractivity contribution < 1.29 is 19.1 Å². The van der Waals surface area contributed by atoms with Gasteiger partial charge in [0.05, 0.1) is 0 Å². The van der Waals surface area contributed by atoms with Crippen LogP contribution < -0.4 is 10.6 Å². The van der Waals surface area contributed by atoms with Gasteiger partial charge in [-0.1, -0.05) is 48.0 Å². The van der Waals surface area contributed by atoms with Crippen LogP contribution in [0.3, 0.4) is 0 Å². The summed E-state index contributed by atoms with van der Waals surface area (Å²) >= 11 is 0. The zero-order chi connectivity index (χ0) is 25.0. The van der Waals surface area contributed by atoms with E-state index in [-0.39, 0.29) is 23.6 Å². The number of ether oxygens (including phenoxy) is 1. The van der Waals surface area contributed by atoms with Gasteiger partial charge in [0.25, 0.3) is 5.91 Å². The lowest BCUT2D eigenvalue weighted by atomic mass is 9.88. The summed E-state index contributed by atoms with van der Waals surface area (Å²) in [6, 6.07) is 16.7. The molecule has 1 fully saturated rings. The molecule has 35 heavy (non-hydrogen) atoms. The van der Waals surface area contributed by atoms with Crippen LogP contribution in [0.25, 0.3) is 0 Å². The lowest BCUT2D eigenvalue weighted by Gasteiger charge is -2.36. The van der Waals surface area contributed by atoms with E-state index in [0.717, 1.165) is 17.5 Å². The number of aryl methyl sites for hydroxylation is 2. The molecular weight excluding hydrogens is 442 g/mol. The van der Waals surface area contributed by atoms with E-state index >= 15 is 0 Å². The number of carbonyl (C=O) groups excluding carboxylic acids is 3. The number of carbonyl (C=O) groups is 3. The summed E-state index contributed by atoms with van der Waals surface area (Å²) in [4.78, 5) is 40.6. The van der Waals surface area contributed by atoms with E-state index in [1.54, 1.807) is 19.2 Å². The summed E-state index contributed by atoms with van der Waals surface area (Å²) in [5, 5.41) is 5.91. The van der Waals surface area contributed by atoms with Gasteiger partial charge in [-0.15, -0.1) is 0 Å². The fourth-order valence-corrected chi connectivity index (χ4v) is 4.40. The molecule has 0 bridgehead atoms. The Morgan fingerprint density at radius 1 is 1.03 bits per heavy atom. The van der Waals surface area contributed by atoms with Gasteiger partial charge in [0.15, 0.2) is 0 Å². The van der Waals surface area contributed by atoms with Crippen LogP contribution in [0.4, 0.5) is 0 Å². The van der Waals surface area contributed by atoms with Crippen LogP contribution in [0.2, 0.25) is 0 Å². The van der Waals surface area contributed by atoms with Crippen LogP contribution in [0.5, 0.6) is 0 Å². The predicted molar refractivity (Wildman–Crippen MR) is 136 cm³/mol. The SMILES string of the molecule is COCCCNC(=O)[C@H](NC(=O)c1ccc(C)cc1)C1CCN(C(=O)CCc2ccccc2)CC1. The molecule has 7 nitrogen and oxygen atoms in total. The van der Waals surface area contributed by atoms with Crippen molar-refractivity contribution in [3.63, 3.8) is 0 Å². The predicted octanol–water partition coefficient (Wildman–Crippen LogP) is 3.12. The Kier molecular flexibility index (Phi) is 10.3. The van der Waals surface area contributed by atoms with Crippen molar-refractivity contribution in [2.75, 3.05) is 33.4 Å². The molecule has 0 saturated carbocycles. The maximum Gasteiger partial charge on any atom is 0.251 e. The highest BCUT2D eigenvalue weighted by atomic mass is 16.5. The number of hydrogen-bond acceptors (Lipinski definition) is 4. The van der Waals surface area contributed by atoms with Crippen molar-refractivity contribution in [3.8, 4) is 0 Å². The van der Waals surface area contributed by atoms with Gasteiger partial charge in [0.1, 0.15) is 6.04 Å². The second-order valence-electron chi connectivity index (χ2n) is 9.16. The topological polar surface area (TPSA) is 87.7 Å². The van der Waals surface area contributed by atoms with E-state index in [1.165, 1.54) is 0 Å². The molecule has 2 aromatic rings. The molecule has 3 rings (SSSR count). The minimum atomic E-state index is -0.645. The number of nitrogens with one attached hydrogen (secondary N) is 2. The third kappa shape index (κ3) is 8.21. The molecule has 1 aliphatic rings. The Morgan fingerprint density at radius 3 is 2.37 bits per heavy atom. The maximum atomic E-state index is 13.1. The molecule has 2 aromatic carbocycles. The number of nitrogens with zero attached hydrogens (tertiary/aromatic N) is 1. The van der Waals surface area contributed by atoms with Crippen molar-refractivity contribution >= 4 is 17.7 Å². The Balaban J connectivity index is 1.58. The van der Waals surface area contributed by atoms with Gasteiger partial charge in [-0.25, -0.2) is 0 Å². The van der Waals surface area contributed by atoms with Crippen LogP contribution in [0.15, 0.2) is 54.6 Å². The van der Waals surface area contributed by atoms with E-state index in [2.05, 4.69) is 10.6 Å². The molecular formula is C28H37N3O4. The van der Waals surface area contributed by atoms with Crippen LogP contribution in [0, 0.1) is 12.8 Å². The Hall–Kier alpha value is -3.19. The summed E-state index contributed by atoms with van der Waals surface area (Å²) in [5.74, 6) is -0.347. The largest absolute Gasteiger partial charge is 0.385 e. The summed E-state index contributed by atoms with van der Waals surface area (Å²) in [7, 11) is 1.63.